The van der Waals surface area contributed by atoms with Gasteiger partial charge in [-0.05, 0) is 31.8 Å². The Hall–Kier alpha value is -1.30. The maximum absolute atomic E-state index is 12.0. The largest absolute Gasteiger partial charge is 0.354 e. The minimum atomic E-state index is -0.172. The molecule has 6 heteroatoms. The molecule has 0 radical (unpaired) electrons. The summed E-state index contributed by atoms with van der Waals surface area (Å²) in [5.74, 6) is -0.210. The summed E-state index contributed by atoms with van der Waals surface area (Å²) in [4.78, 5) is 34.9. The standard InChI is InChI=1S/C17H30N2O3S/c1-7-9-14(18-12(5)20)10-15(19-13(6)21)16(8-2)23-17(22)11(3)4/h14-16H,3,7-10H2,1-2,4-6H3,(H,18,20)(H,19,21). The summed E-state index contributed by atoms with van der Waals surface area (Å²) in [6.45, 7) is 12.4. The first-order valence-corrected chi connectivity index (χ1v) is 8.99. The lowest BCUT2D eigenvalue weighted by atomic mass is 9.99. The van der Waals surface area contributed by atoms with E-state index in [9.17, 15) is 14.4 Å². The molecule has 0 saturated heterocycles. The molecule has 0 rings (SSSR count). The van der Waals surface area contributed by atoms with Crippen molar-refractivity contribution in [2.24, 2.45) is 0 Å². The van der Waals surface area contributed by atoms with E-state index in [1.807, 2.05) is 6.92 Å². The number of hydrogen-bond acceptors (Lipinski definition) is 4. The summed E-state index contributed by atoms with van der Waals surface area (Å²) in [7, 11) is 0. The predicted octanol–water partition coefficient (Wildman–Crippen LogP) is 2.80. The van der Waals surface area contributed by atoms with Crippen LogP contribution in [0.1, 0.15) is 60.3 Å². The van der Waals surface area contributed by atoms with Crippen LogP contribution in [-0.2, 0) is 14.4 Å². The molecule has 0 fully saturated rings. The molecule has 0 bridgehead atoms. The first-order valence-electron chi connectivity index (χ1n) is 8.11. The Bertz CT molecular complexity index is 438. The third kappa shape index (κ3) is 9.43. The second-order valence-corrected chi connectivity index (χ2v) is 7.07. The van der Waals surface area contributed by atoms with Crippen molar-refractivity contribution in [3.8, 4) is 0 Å². The molecule has 132 valence electrons. The van der Waals surface area contributed by atoms with Crippen LogP contribution in [0.5, 0.6) is 0 Å². The maximum atomic E-state index is 12.0. The van der Waals surface area contributed by atoms with Crippen molar-refractivity contribution in [1.82, 2.24) is 10.6 Å². The Balaban J connectivity index is 5.12. The van der Waals surface area contributed by atoms with Crippen LogP contribution in [-0.4, -0.2) is 34.3 Å². The van der Waals surface area contributed by atoms with Crippen LogP contribution >= 0.6 is 11.8 Å². The van der Waals surface area contributed by atoms with Gasteiger partial charge in [-0.1, -0.05) is 38.6 Å². The lowest BCUT2D eigenvalue weighted by molar-refractivity contribution is -0.119. The first kappa shape index (κ1) is 21.7. The Morgan fingerprint density at radius 2 is 1.61 bits per heavy atom. The molecule has 0 aliphatic heterocycles. The molecule has 5 nitrogen and oxygen atoms in total. The maximum Gasteiger partial charge on any atom is 0.217 e. The summed E-state index contributed by atoms with van der Waals surface area (Å²) >= 11 is 1.22. The van der Waals surface area contributed by atoms with Crippen LogP contribution in [0.25, 0.3) is 0 Å². The zero-order valence-electron chi connectivity index (χ0n) is 14.9. The highest BCUT2D eigenvalue weighted by molar-refractivity contribution is 8.14. The molecule has 2 amide bonds. The number of carbonyl (C=O) groups is 3. The lowest BCUT2D eigenvalue weighted by Gasteiger charge is -2.30. The summed E-state index contributed by atoms with van der Waals surface area (Å²) in [5.41, 5.74) is 0.502. The number of thioether (sulfide) groups is 1. The molecule has 23 heavy (non-hydrogen) atoms. The Labute approximate surface area is 144 Å². The third-order valence-corrected chi connectivity index (χ3v) is 4.96. The monoisotopic (exact) mass is 342 g/mol. The lowest BCUT2D eigenvalue weighted by Crippen LogP contribution is -2.46. The van der Waals surface area contributed by atoms with E-state index in [4.69, 9.17) is 0 Å². The van der Waals surface area contributed by atoms with Crippen LogP contribution < -0.4 is 10.6 Å². The van der Waals surface area contributed by atoms with Crippen LogP contribution in [0, 0.1) is 0 Å². The summed E-state index contributed by atoms with van der Waals surface area (Å²) in [6.07, 6.45) is 3.13. The van der Waals surface area contributed by atoms with E-state index in [-0.39, 0.29) is 34.3 Å². The first-order chi connectivity index (χ1) is 10.7. The van der Waals surface area contributed by atoms with E-state index in [0.29, 0.717) is 12.0 Å². The van der Waals surface area contributed by atoms with Gasteiger partial charge in [0.05, 0.1) is 0 Å². The number of carbonyl (C=O) groups excluding carboxylic acids is 3. The van der Waals surface area contributed by atoms with E-state index in [1.54, 1.807) is 6.92 Å². The van der Waals surface area contributed by atoms with Crippen molar-refractivity contribution in [2.75, 3.05) is 0 Å². The summed E-state index contributed by atoms with van der Waals surface area (Å²) < 4.78 is 0. The van der Waals surface area contributed by atoms with Crippen LogP contribution in [0.3, 0.4) is 0 Å². The highest BCUT2D eigenvalue weighted by Crippen LogP contribution is 2.25. The molecule has 3 atom stereocenters. The van der Waals surface area contributed by atoms with Gasteiger partial charge in [0.1, 0.15) is 0 Å². The molecule has 0 spiro atoms. The second kappa shape index (κ2) is 11.3. The fourth-order valence-corrected chi connectivity index (χ4v) is 3.43. The van der Waals surface area contributed by atoms with E-state index in [1.165, 1.54) is 25.6 Å². The van der Waals surface area contributed by atoms with Crippen molar-refractivity contribution in [3.63, 3.8) is 0 Å². The number of rotatable bonds is 10. The van der Waals surface area contributed by atoms with Gasteiger partial charge in [-0.25, -0.2) is 0 Å². The van der Waals surface area contributed by atoms with Gasteiger partial charge in [0.15, 0.2) is 0 Å². The molecule has 0 heterocycles. The predicted molar refractivity (Wildman–Crippen MR) is 96.2 cm³/mol. The van der Waals surface area contributed by atoms with Gasteiger partial charge < -0.3 is 10.6 Å². The number of amides is 2. The quantitative estimate of drug-likeness (QED) is 0.599. The Kier molecular flexibility index (Phi) is 10.6. The third-order valence-electron chi connectivity index (χ3n) is 3.43. The fraction of sp³-hybridized carbons (Fsp3) is 0.706. The highest BCUT2D eigenvalue weighted by atomic mass is 32.2. The molecule has 0 aromatic heterocycles. The number of nitrogens with one attached hydrogen (secondary N) is 2. The Morgan fingerprint density at radius 3 is 2.00 bits per heavy atom. The van der Waals surface area contributed by atoms with Crippen LogP contribution in [0.2, 0.25) is 0 Å². The van der Waals surface area contributed by atoms with Gasteiger partial charge in [-0.15, -0.1) is 0 Å². The highest BCUT2D eigenvalue weighted by Gasteiger charge is 2.27. The fourth-order valence-electron chi connectivity index (χ4n) is 2.44. The van der Waals surface area contributed by atoms with Crippen LogP contribution in [0.15, 0.2) is 12.2 Å². The zero-order chi connectivity index (χ0) is 18.0. The van der Waals surface area contributed by atoms with Crippen molar-refractivity contribution >= 4 is 28.7 Å². The van der Waals surface area contributed by atoms with E-state index < -0.39 is 0 Å². The van der Waals surface area contributed by atoms with Crippen molar-refractivity contribution < 1.29 is 14.4 Å². The topological polar surface area (TPSA) is 75.3 Å². The molecule has 0 saturated carbocycles. The zero-order valence-corrected chi connectivity index (χ0v) is 15.7. The van der Waals surface area contributed by atoms with Gasteiger partial charge in [-0.3, -0.25) is 14.4 Å². The average molecular weight is 343 g/mol. The molecule has 0 aromatic rings. The van der Waals surface area contributed by atoms with E-state index in [0.717, 1.165) is 19.3 Å². The SMILES string of the molecule is C=C(C)C(=O)SC(CC)C(CC(CCC)NC(C)=O)NC(C)=O. The van der Waals surface area contributed by atoms with Gasteiger partial charge >= 0.3 is 0 Å². The van der Waals surface area contributed by atoms with Crippen molar-refractivity contribution in [1.29, 1.82) is 0 Å². The smallest absolute Gasteiger partial charge is 0.217 e. The van der Waals surface area contributed by atoms with Gasteiger partial charge in [0.2, 0.25) is 16.9 Å². The van der Waals surface area contributed by atoms with Gasteiger partial charge in [0.25, 0.3) is 0 Å². The molecule has 0 aliphatic rings. The Morgan fingerprint density at radius 1 is 1.04 bits per heavy atom. The minimum Gasteiger partial charge on any atom is -0.354 e. The molecular weight excluding hydrogens is 312 g/mol. The van der Waals surface area contributed by atoms with Crippen molar-refractivity contribution in [3.05, 3.63) is 12.2 Å². The van der Waals surface area contributed by atoms with Crippen LogP contribution in [0.4, 0.5) is 0 Å². The second-order valence-electron chi connectivity index (χ2n) is 5.86. The van der Waals surface area contributed by atoms with E-state index >= 15 is 0 Å². The van der Waals surface area contributed by atoms with Gasteiger partial charge in [-0.2, -0.15) is 0 Å². The van der Waals surface area contributed by atoms with E-state index in [2.05, 4.69) is 24.1 Å². The van der Waals surface area contributed by atoms with Crippen molar-refractivity contribution in [2.45, 2.75) is 77.6 Å². The van der Waals surface area contributed by atoms with Gasteiger partial charge in [0, 0.05) is 31.2 Å². The summed E-state index contributed by atoms with van der Waals surface area (Å²) in [5, 5.41) is 5.78. The molecule has 0 aliphatic carbocycles. The molecular formula is C17H30N2O3S. The molecule has 0 aromatic carbocycles. The normalized spacial score (nSPS) is 14.5. The molecule has 2 N–H and O–H groups in total. The number of hydrogen-bond donors (Lipinski definition) is 2. The minimum absolute atomic E-state index is 0.0102. The molecule has 3 unspecified atom stereocenters. The summed E-state index contributed by atoms with van der Waals surface area (Å²) in [6, 6.07) is -0.182. The average Bonchev–Trinajstić information content (AvgIpc) is 2.42.